The number of carbonyl (C=O) groups excluding carboxylic acids is 2. The molecule has 2 N–H and O–H groups in total. The van der Waals surface area contributed by atoms with E-state index in [1.807, 2.05) is 24.0 Å². The van der Waals surface area contributed by atoms with Crippen molar-refractivity contribution in [3.8, 4) is 0 Å². The van der Waals surface area contributed by atoms with Gasteiger partial charge in [0.1, 0.15) is 0 Å². The maximum atomic E-state index is 12.2. The normalized spacial score (nSPS) is 19.1. The number of carbonyl (C=O) groups is 2. The van der Waals surface area contributed by atoms with Crippen LogP contribution in [0.3, 0.4) is 0 Å². The van der Waals surface area contributed by atoms with Gasteiger partial charge in [0.25, 0.3) is 5.91 Å². The van der Waals surface area contributed by atoms with Crippen molar-refractivity contribution < 1.29 is 9.59 Å². The highest BCUT2D eigenvalue weighted by Gasteiger charge is 2.25. The van der Waals surface area contributed by atoms with Gasteiger partial charge in [-0.05, 0) is 69.1 Å². The largest absolute Gasteiger partial charge is 0.349 e. The van der Waals surface area contributed by atoms with Crippen LogP contribution in [0.1, 0.15) is 61.9 Å². The van der Waals surface area contributed by atoms with Crippen molar-refractivity contribution in [2.45, 2.75) is 64.5 Å². The van der Waals surface area contributed by atoms with Gasteiger partial charge < -0.3 is 15.5 Å². The van der Waals surface area contributed by atoms with E-state index in [-0.39, 0.29) is 18.0 Å². The lowest BCUT2D eigenvalue weighted by Gasteiger charge is -2.33. The highest BCUT2D eigenvalue weighted by Crippen LogP contribution is 2.23. The molecule has 5 nitrogen and oxygen atoms in total. The van der Waals surface area contributed by atoms with Gasteiger partial charge in [-0.15, -0.1) is 0 Å². The van der Waals surface area contributed by atoms with Crippen molar-refractivity contribution in [2.75, 3.05) is 13.1 Å². The van der Waals surface area contributed by atoms with Crippen LogP contribution >= 0.6 is 0 Å². The Labute approximate surface area is 156 Å². The zero-order valence-corrected chi connectivity index (χ0v) is 16.0. The lowest BCUT2D eigenvalue weighted by atomic mass is 9.90. The van der Waals surface area contributed by atoms with Crippen molar-refractivity contribution in [2.24, 2.45) is 5.92 Å². The van der Waals surface area contributed by atoms with Crippen LogP contribution in [0.5, 0.6) is 0 Å². The summed E-state index contributed by atoms with van der Waals surface area (Å²) >= 11 is 0. The molecule has 2 fully saturated rings. The molecule has 142 valence electrons. The van der Waals surface area contributed by atoms with Gasteiger partial charge in [0, 0.05) is 30.7 Å². The second-order valence-corrected chi connectivity index (χ2v) is 7.84. The summed E-state index contributed by atoms with van der Waals surface area (Å²) < 4.78 is 0. The lowest BCUT2D eigenvalue weighted by Crippen LogP contribution is -2.47. The molecular weight excluding hydrogens is 326 g/mol. The molecule has 5 heteroatoms. The first kappa shape index (κ1) is 18.7. The molecule has 1 aromatic carbocycles. The monoisotopic (exact) mass is 357 g/mol. The fraction of sp³-hybridized carbons (Fsp3) is 0.619. The number of piperidine rings is 1. The van der Waals surface area contributed by atoms with Crippen molar-refractivity contribution in [1.29, 1.82) is 0 Å². The Balaban J connectivity index is 1.44. The minimum absolute atomic E-state index is 0.0414. The first-order chi connectivity index (χ1) is 12.5. The molecule has 1 aliphatic heterocycles. The van der Waals surface area contributed by atoms with Crippen molar-refractivity contribution in [1.82, 2.24) is 15.5 Å². The smallest absolute Gasteiger partial charge is 0.317 e. The molecule has 1 heterocycles. The number of hydrogen-bond acceptors (Lipinski definition) is 2. The third-order valence-electron chi connectivity index (χ3n) is 5.54. The molecule has 0 spiro atoms. The van der Waals surface area contributed by atoms with Crippen LogP contribution in [0, 0.1) is 5.92 Å². The molecule has 1 saturated carbocycles. The van der Waals surface area contributed by atoms with E-state index in [1.54, 1.807) is 0 Å². The minimum atomic E-state index is 0.0414. The van der Waals surface area contributed by atoms with Crippen LogP contribution in [0.25, 0.3) is 0 Å². The number of urea groups is 1. The predicted molar refractivity (Wildman–Crippen MR) is 103 cm³/mol. The molecule has 1 aromatic rings. The number of benzene rings is 1. The predicted octanol–water partition coefficient (Wildman–Crippen LogP) is 3.34. The van der Waals surface area contributed by atoms with Crippen LogP contribution in [0.2, 0.25) is 0 Å². The molecule has 0 aromatic heterocycles. The second-order valence-electron chi connectivity index (χ2n) is 7.84. The van der Waals surface area contributed by atoms with Crippen molar-refractivity contribution >= 4 is 11.9 Å². The van der Waals surface area contributed by atoms with Crippen LogP contribution in [0.15, 0.2) is 24.3 Å². The van der Waals surface area contributed by atoms with E-state index < -0.39 is 0 Å². The molecule has 1 saturated heterocycles. The lowest BCUT2D eigenvalue weighted by molar-refractivity contribution is 0.0951. The Morgan fingerprint density at radius 2 is 1.77 bits per heavy atom. The Hall–Kier alpha value is -2.04. The van der Waals surface area contributed by atoms with Gasteiger partial charge in [-0.3, -0.25) is 4.79 Å². The van der Waals surface area contributed by atoms with Gasteiger partial charge in [0.05, 0.1) is 0 Å². The van der Waals surface area contributed by atoms with Gasteiger partial charge in [-0.1, -0.05) is 19.1 Å². The van der Waals surface area contributed by atoms with Crippen LogP contribution in [0.4, 0.5) is 4.79 Å². The average Bonchev–Trinajstić information content (AvgIpc) is 3.46. The standard InChI is InChI=1S/C21H31N3O2/c1-3-15(2)22-21(26)24-12-10-17(11-13-24)14-16-4-6-18(7-5-16)20(25)23-19-8-9-19/h4-7,15,17,19H,3,8-14H2,1-2H3,(H,22,26)(H,23,25). The van der Waals surface area contributed by atoms with E-state index in [0.29, 0.717) is 12.0 Å². The summed E-state index contributed by atoms with van der Waals surface area (Å²) in [5.74, 6) is 0.647. The zero-order chi connectivity index (χ0) is 18.5. The Morgan fingerprint density at radius 1 is 1.12 bits per heavy atom. The van der Waals surface area contributed by atoms with Gasteiger partial charge in [-0.2, -0.15) is 0 Å². The number of amides is 3. The second kappa shape index (κ2) is 8.56. The molecule has 3 amide bonds. The number of nitrogens with zero attached hydrogens (tertiary/aromatic N) is 1. The molecular formula is C21H31N3O2. The van der Waals surface area contributed by atoms with E-state index in [1.165, 1.54) is 5.56 Å². The highest BCUT2D eigenvalue weighted by molar-refractivity contribution is 5.94. The fourth-order valence-corrected chi connectivity index (χ4v) is 3.37. The summed E-state index contributed by atoms with van der Waals surface area (Å²) in [6.45, 7) is 5.78. The first-order valence-corrected chi connectivity index (χ1v) is 10.0. The molecule has 1 unspecified atom stereocenters. The summed E-state index contributed by atoms with van der Waals surface area (Å²) in [6, 6.07) is 8.71. The summed E-state index contributed by atoms with van der Waals surface area (Å²) in [6.07, 6.45) is 6.27. The summed E-state index contributed by atoms with van der Waals surface area (Å²) in [4.78, 5) is 26.2. The fourth-order valence-electron chi connectivity index (χ4n) is 3.37. The van der Waals surface area contributed by atoms with Crippen LogP contribution in [-0.2, 0) is 6.42 Å². The van der Waals surface area contributed by atoms with E-state index in [2.05, 4.69) is 29.7 Å². The topological polar surface area (TPSA) is 61.4 Å². The van der Waals surface area contributed by atoms with Gasteiger partial charge in [0.2, 0.25) is 0 Å². The average molecular weight is 357 g/mol. The SMILES string of the molecule is CCC(C)NC(=O)N1CCC(Cc2ccc(C(=O)NC3CC3)cc2)CC1. The molecule has 1 atom stereocenters. The van der Waals surface area contributed by atoms with E-state index >= 15 is 0 Å². The number of likely N-dealkylation sites (tertiary alicyclic amines) is 1. The van der Waals surface area contributed by atoms with Crippen LogP contribution < -0.4 is 10.6 Å². The van der Waals surface area contributed by atoms with Crippen molar-refractivity contribution in [3.63, 3.8) is 0 Å². The summed E-state index contributed by atoms with van der Waals surface area (Å²) in [7, 11) is 0. The Kier molecular flexibility index (Phi) is 6.17. The maximum absolute atomic E-state index is 12.2. The molecule has 0 radical (unpaired) electrons. The third-order valence-corrected chi connectivity index (χ3v) is 5.54. The van der Waals surface area contributed by atoms with Gasteiger partial charge >= 0.3 is 6.03 Å². The number of rotatable bonds is 6. The van der Waals surface area contributed by atoms with Gasteiger partial charge in [-0.25, -0.2) is 4.79 Å². The van der Waals surface area contributed by atoms with Gasteiger partial charge in [0.15, 0.2) is 0 Å². The Morgan fingerprint density at radius 3 is 2.35 bits per heavy atom. The van der Waals surface area contributed by atoms with E-state index in [4.69, 9.17) is 0 Å². The van der Waals surface area contributed by atoms with E-state index in [0.717, 1.165) is 57.2 Å². The number of hydrogen-bond donors (Lipinski definition) is 2. The van der Waals surface area contributed by atoms with Crippen LogP contribution in [-0.4, -0.2) is 42.0 Å². The molecule has 3 rings (SSSR count). The third kappa shape index (κ3) is 5.23. The van der Waals surface area contributed by atoms with Crippen molar-refractivity contribution in [3.05, 3.63) is 35.4 Å². The molecule has 1 aliphatic carbocycles. The summed E-state index contributed by atoms with van der Waals surface area (Å²) in [5, 5.41) is 6.07. The van der Waals surface area contributed by atoms with E-state index in [9.17, 15) is 9.59 Å². The molecule has 0 bridgehead atoms. The minimum Gasteiger partial charge on any atom is -0.349 e. The summed E-state index contributed by atoms with van der Waals surface area (Å²) in [5.41, 5.74) is 2.02. The number of nitrogens with one attached hydrogen (secondary N) is 2. The molecule has 26 heavy (non-hydrogen) atoms. The highest BCUT2D eigenvalue weighted by atomic mass is 16.2. The Bertz CT molecular complexity index is 617. The maximum Gasteiger partial charge on any atom is 0.317 e. The molecule has 2 aliphatic rings. The quantitative estimate of drug-likeness (QED) is 0.820. The zero-order valence-electron chi connectivity index (χ0n) is 16.0. The first-order valence-electron chi connectivity index (χ1n) is 10.0.